The van der Waals surface area contributed by atoms with Crippen LogP contribution in [-0.2, 0) is 4.74 Å². The molecule has 0 unspecified atom stereocenters. The van der Waals surface area contributed by atoms with Gasteiger partial charge in [0.05, 0.1) is 5.69 Å². The van der Waals surface area contributed by atoms with E-state index < -0.39 is 17.4 Å². The first-order valence-electron chi connectivity index (χ1n) is 8.31. The van der Waals surface area contributed by atoms with Crippen LogP contribution in [0, 0.1) is 6.92 Å². The third-order valence-electron chi connectivity index (χ3n) is 3.70. The summed E-state index contributed by atoms with van der Waals surface area (Å²) in [5.74, 6) is -0.950. The number of thiazole rings is 1. The fourth-order valence-electron chi connectivity index (χ4n) is 2.31. The topological polar surface area (TPSA) is 114 Å². The number of hydrogen-bond donors (Lipinski definition) is 2. The van der Waals surface area contributed by atoms with Gasteiger partial charge in [0.25, 0.3) is 11.5 Å². The maximum atomic E-state index is 12.4. The molecule has 1 amide bonds. The molecular weight excluding hydrogens is 416 g/mol. The number of aromatic nitrogens is 3. The van der Waals surface area contributed by atoms with Crippen LogP contribution in [0.1, 0.15) is 25.7 Å². The molecule has 0 saturated heterocycles. The number of carbonyl (C=O) groups is 2. The number of nitrogens with zero attached hydrogens (tertiary/aromatic N) is 2. The number of amides is 1. The molecule has 3 aromatic rings. The van der Waals surface area contributed by atoms with Crippen LogP contribution in [0.3, 0.4) is 0 Å². The Kier molecular flexibility index (Phi) is 6.20. The van der Waals surface area contributed by atoms with Crippen LogP contribution in [0.15, 0.2) is 47.9 Å². The van der Waals surface area contributed by atoms with Crippen molar-refractivity contribution in [2.75, 3.05) is 11.9 Å². The summed E-state index contributed by atoms with van der Waals surface area (Å²) >= 11 is 6.80. The SMILES string of the molecule is C=CCOC(=O)c1sc(NC(=O)c2cnc(-c3ccc(Cl)cc3)[nH]c2=O)nc1C. The number of aryl methyl sites for hydroxylation is 1. The van der Waals surface area contributed by atoms with Crippen molar-refractivity contribution in [3.05, 3.63) is 74.6 Å². The molecule has 0 aliphatic carbocycles. The van der Waals surface area contributed by atoms with Gasteiger partial charge in [-0.3, -0.25) is 14.9 Å². The van der Waals surface area contributed by atoms with E-state index in [1.165, 1.54) is 12.3 Å². The predicted molar refractivity (Wildman–Crippen MR) is 111 cm³/mol. The number of anilines is 1. The highest BCUT2D eigenvalue weighted by Crippen LogP contribution is 2.24. The van der Waals surface area contributed by atoms with Gasteiger partial charge in [0.15, 0.2) is 5.13 Å². The van der Waals surface area contributed by atoms with Crippen molar-refractivity contribution in [2.45, 2.75) is 6.92 Å². The first-order valence-corrected chi connectivity index (χ1v) is 9.50. The lowest BCUT2D eigenvalue weighted by molar-refractivity contribution is 0.0554. The van der Waals surface area contributed by atoms with Crippen molar-refractivity contribution >= 4 is 39.9 Å². The van der Waals surface area contributed by atoms with Crippen molar-refractivity contribution in [1.29, 1.82) is 0 Å². The van der Waals surface area contributed by atoms with Crippen LogP contribution >= 0.6 is 22.9 Å². The summed E-state index contributed by atoms with van der Waals surface area (Å²) in [5, 5.41) is 3.22. The molecule has 10 heteroatoms. The highest BCUT2D eigenvalue weighted by atomic mass is 35.5. The van der Waals surface area contributed by atoms with E-state index >= 15 is 0 Å². The summed E-state index contributed by atoms with van der Waals surface area (Å²) in [6.45, 7) is 5.16. The molecule has 0 atom stereocenters. The van der Waals surface area contributed by atoms with Crippen LogP contribution in [0.25, 0.3) is 11.4 Å². The zero-order chi connectivity index (χ0) is 21.0. The number of carbonyl (C=O) groups excluding carboxylic acids is 2. The number of H-pyrrole nitrogens is 1. The molecule has 2 aromatic heterocycles. The van der Waals surface area contributed by atoms with Crippen LogP contribution in [-0.4, -0.2) is 33.4 Å². The van der Waals surface area contributed by atoms with Gasteiger partial charge in [-0.15, -0.1) is 0 Å². The van der Waals surface area contributed by atoms with Crippen LogP contribution in [0.2, 0.25) is 5.02 Å². The molecule has 0 aliphatic rings. The summed E-state index contributed by atoms with van der Waals surface area (Å²) in [6.07, 6.45) is 2.63. The smallest absolute Gasteiger partial charge is 0.350 e. The summed E-state index contributed by atoms with van der Waals surface area (Å²) in [6, 6.07) is 6.73. The first kappa shape index (κ1) is 20.4. The molecular formula is C19H15ClN4O4S. The molecule has 0 fully saturated rings. The van der Waals surface area contributed by atoms with E-state index in [4.69, 9.17) is 16.3 Å². The fourth-order valence-corrected chi connectivity index (χ4v) is 3.30. The highest BCUT2D eigenvalue weighted by Gasteiger charge is 2.19. The Bertz CT molecular complexity index is 1140. The molecule has 148 valence electrons. The van der Waals surface area contributed by atoms with Crippen molar-refractivity contribution in [3.63, 3.8) is 0 Å². The van der Waals surface area contributed by atoms with Gasteiger partial charge in [-0.1, -0.05) is 35.6 Å². The van der Waals surface area contributed by atoms with E-state index in [2.05, 4.69) is 26.8 Å². The van der Waals surface area contributed by atoms with E-state index in [0.29, 0.717) is 22.1 Å². The molecule has 8 nitrogen and oxygen atoms in total. The van der Waals surface area contributed by atoms with Gasteiger partial charge in [-0.2, -0.15) is 0 Å². The Hall–Kier alpha value is -3.30. The third-order valence-corrected chi connectivity index (χ3v) is 5.00. The zero-order valence-electron chi connectivity index (χ0n) is 15.2. The van der Waals surface area contributed by atoms with Crippen LogP contribution in [0.4, 0.5) is 5.13 Å². The molecule has 0 spiro atoms. The van der Waals surface area contributed by atoms with E-state index in [1.807, 2.05) is 0 Å². The number of rotatable bonds is 6. The van der Waals surface area contributed by atoms with Crippen molar-refractivity contribution in [3.8, 4) is 11.4 Å². The molecule has 0 aliphatic heterocycles. The number of nitrogens with one attached hydrogen (secondary N) is 2. The minimum Gasteiger partial charge on any atom is -0.457 e. The second-order valence-electron chi connectivity index (χ2n) is 5.76. The average molecular weight is 431 g/mol. The molecule has 2 heterocycles. The van der Waals surface area contributed by atoms with Gasteiger partial charge in [-0.05, 0) is 31.2 Å². The van der Waals surface area contributed by atoms with E-state index in [-0.39, 0.29) is 22.2 Å². The third kappa shape index (κ3) is 4.76. The Morgan fingerprint density at radius 2 is 2.07 bits per heavy atom. The molecule has 29 heavy (non-hydrogen) atoms. The Balaban J connectivity index is 1.77. The van der Waals surface area contributed by atoms with E-state index in [0.717, 1.165) is 11.3 Å². The van der Waals surface area contributed by atoms with Gasteiger partial charge in [0.2, 0.25) is 0 Å². The van der Waals surface area contributed by atoms with Gasteiger partial charge < -0.3 is 9.72 Å². The number of halogens is 1. The maximum Gasteiger partial charge on any atom is 0.350 e. The van der Waals surface area contributed by atoms with Crippen molar-refractivity contribution < 1.29 is 14.3 Å². The molecule has 3 rings (SSSR count). The minimum absolute atomic E-state index is 0.0683. The quantitative estimate of drug-likeness (QED) is 0.457. The zero-order valence-corrected chi connectivity index (χ0v) is 16.8. The summed E-state index contributed by atoms with van der Waals surface area (Å²) in [4.78, 5) is 47.8. The van der Waals surface area contributed by atoms with Crippen molar-refractivity contribution in [2.24, 2.45) is 0 Å². The molecule has 1 aromatic carbocycles. The number of ether oxygens (including phenoxy) is 1. The number of benzene rings is 1. The molecule has 0 radical (unpaired) electrons. The standard InChI is InChI=1S/C19H15ClN4O4S/c1-3-8-28-18(27)14-10(2)22-19(29-14)24-17(26)13-9-21-15(23-16(13)25)11-4-6-12(20)7-5-11/h3-7,9H,1,8H2,2H3,(H,21,23,25)(H,22,24,26). The minimum atomic E-state index is -0.693. The number of esters is 1. The van der Waals surface area contributed by atoms with E-state index in [1.54, 1.807) is 31.2 Å². The maximum absolute atomic E-state index is 12.4. The summed E-state index contributed by atoms with van der Waals surface area (Å²) in [7, 11) is 0. The Labute approximate surface area is 174 Å². The average Bonchev–Trinajstić information content (AvgIpc) is 3.06. The largest absolute Gasteiger partial charge is 0.457 e. The number of aromatic amines is 1. The lowest BCUT2D eigenvalue weighted by Crippen LogP contribution is -2.24. The lowest BCUT2D eigenvalue weighted by atomic mass is 10.2. The van der Waals surface area contributed by atoms with Gasteiger partial charge in [0.1, 0.15) is 22.9 Å². The highest BCUT2D eigenvalue weighted by molar-refractivity contribution is 7.17. The second-order valence-corrected chi connectivity index (χ2v) is 7.19. The van der Waals surface area contributed by atoms with Gasteiger partial charge >= 0.3 is 5.97 Å². The second kappa shape index (κ2) is 8.80. The van der Waals surface area contributed by atoms with Crippen LogP contribution < -0.4 is 10.9 Å². The van der Waals surface area contributed by atoms with Gasteiger partial charge in [0, 0.05) is 16.8 Å². The Morgan fingerprint density at radius 3 is 2.72 bits per heavy atom. The van der Waals surface area contributed by atoms with Gasteiger partial charge in [-0.25, -0.2) is 14.8 Å². The first-order chi connectivity index (χ1) is 13.9. The normalized spacial score (nSPS) is 10.4. The summed E-state index contributed by atoms with van der Waals surface area (Å²) < 4.78 is 4.97. The van der Waals surface area contributed by atoms with Crippen molar-refractivity contribution in [1.82, 2.24) is 15.0 Å². The van der Waals surface area contributed by atoms with Crippen LogP contribution in [0.5, 0.6) is 0 Å². The predicted octanol–water partition coefficient (Wildman–Crippen LogP) is 3.45. The monoisotopic (exact) mass is 430 g/mol. The fraction of sp³-hybridized carbons (Fsp3) is 0.105. The molecule has 0 saturated carbocycles. The molecule has 2 N–H and O–H groups in total. The molecule has 0 bridgehead atoms. The summed E-state index contributed by atoms with van der Waals surface area (Å²) in [5.41, 5.74) is 0.258. The lowest BCUT2D eigenvalue weighted by Gasteiger charge is -2.04. The van der Waals surface area contributed by atoms with E-state index in [9.17, 15) is 14.4 Å². The number of hydrogen-bond acceptors (Lipinski definition) is 7. The Morgan fingerprint density at radius 1 is 1.34 bits per heavy atom.